The summed E-state index contributed by atoms with van der Waals surface area (Å²) in [6.07, 6.45) is -11.8. The summed E-state index contributed by atoms with van der Waals surface area (Å²) in [5, 5.41) is 186. The van der Waals surface area contributed by atoms with E-state index in [1.807, 2.05) is 6.08 Å². The molecule has 5 aliphatic rings. The number of aliphatic hydroxyl groups excluding tert-OH is 16. The third kappa shape index (κ3) is 30.8. The monoisotopic (exact) mass is 1540 g/mol. The first-order valence-electron chi connectivity index (χ1n) is 38.9. The number of unbranched alkanes of at least 4 members (excludes halogenated alkanes) is 25. The number of carbonyl (C=O) groups excluding carboxylic acids is 3. The van der Waals surface area contributed by atoms with E-state index in [0.29, 0.717) is 12.8 Å². The van der Waals surface area contributed by atoms with Gasteiger partial charge in [-0.15, -0.1) is 0 Å². The minimum Gasteiger partial charge on any atom is -0.394 e. The Hall–Kier alpha value is -1.89. The van der Waals surface area contributed by atoms with E-state index < -0.39 is 229 Å². The van der Waals surface area contributed by atoms with Gasteiger partial charge < -0.3 is 145 Å². The SMILES string of the molecule is CCCCCCCCCCCCC/C=C/[C@@H](O)[C@H](CO[C@@H]1OC(CO)[C@@H](O[C@@H]2OC(CO)[C@H](O[C@@H]3OC(CO)[C@H](O)[C@H](O[C@@H]4OC(CO)[C@H](O)[C@H](O)C4O)C3NC(C)=O)[C@H](O[C@]3(C)CC(O)[C@@H](NC(C)=O)C(C(O)[C@H](O)CO)O3)C2O)[C@H](O)C1O)NC(=O)CCCCCCCCCCCCCCCCC.[Na+]. The van der Waals surface area contributed by atoms with E-state index in [2.05, 4.69) is 29.8 Å². The molecule has 0 aromatic carbocycles. The molecule has 0 saturated carbocycles. The van der Waals surface area contributed by atoms with Crippen LogP contribution < -0.4 is 45.5 Å². The Kier molecular flexibility index (Phi) is 47.1. The number of aliphatic hydroxyl groups is 16. The predicted molar refractivity (Wildman–Crippen MR) is 376 cm³/mol. The summed E-state index contributed by atoms with van der Waals surface area (Å²) in [7, 11) is 0. The van der Waals surface area contributed by atoms with Crippen LogP contribution in [0.2, 0.25) is 0 Å². The molecule has 5 heterocycles. The molecule has 33 heteroatoms. The maximum absolute atomic E-state index is 13.6. The molecule has 614 valence electrons. The number of nitrogens with one attached hydrogen (secondary N) is 3. The minimum absolute atomic E-state index is 0. The molecular formula is C73H133N3NaO29+. The number of allylic oxidation sites excluding steroid dienone is 1. The van der Waals surface area contributed by atoms with E-state index >= 15 is 0 Å². The largest absolute Gasteiger partial charge is 1.00 e. The van der Waals surface area contributed by atoms with Crippen molar-refractivity contribution in [3.8, 4) is 0 Å². The van der Waals surface area contributed by atoms with Crippen molar-refractivity contribution in [1.29, 1.82) is 0 Å². The fraction of sp³-hybridized carbons (Fsp3) is 0.932. The molecule has 3 amide bonds. The van der Waals surface area contributed by atoms with E-state index in [0.717, 1.165) is 65.2 Å². The molecule has 19 N–H and O–H groups in total. The van der Waals surface area contributed by atoms with Crippen LogP contribution in [0.4, 0.5) is 0 Å². The van der Waals surface area contributed by atoms with Crippen LogP contribution in [-0.2, 0) is 61.8 Å². The minimum atomic E-state index is -2.30. The Morgan fingerprint density at radius 3 is 1.44 bits per heavy atom. The molecular weight excluding hydrogens is 1410 g/mol. The average Bonchev–Trinajstić information content (AvgIpc) is 0.758. The third-order valence-corrected chi connectivity index (χ3v) is 20.5. The van der Waals surface area contributed by atoms with E-state index in [1.165, 1.54) is 116 Å². The summed E-state index contributed by atoms with van der Waals surface area (Å²) in [4.78, 5) is 39.1. The third-order valence-electron chi connectivity index (χ3n) is 20.5. The molecule has 32 nitrogen and oxygen atoms in total. The van der Waals surface area contributed by atoms with E-state index in [9.17, 15) is 96.1 Å². The number of amides is 3. The average molecular weight is 1540 g/mol. The molecule has 0 aromatic rings. The van der Waals surface area contributed by atoms with Crippen molar-refractivity contribution in [1.82, 2.24) is 16.0 Å². The van der Waals surface area contributed by atoms with Crippen molar-refractivity contribution in [2.24, 2.45) is 0 Å². The van der Waals surface area contributed by atoms with Gasteiger partial charge in [0.25, 0.3) is 0 Å². The van der Waals surface area contributed by atoms with E-state index in [4.69, 9.17) is 47.4 Å². The van der Waals surface area contributed by atoms with Gasteiger partial charge in [-0.25, -0.2) is 0 Å². The molecule has 5 rings (SSSR count). The molecule has 0 aliphatic carbocycles. The number of rotatable bonds is 51. The fourth-order valence-electron chi connectivity index (χ4n) is 14.4. The van der Waals surface area contributed by atoms with Crippen LogP contribution in [0.25, 0.3) is 0 Å². The summed E-state index contributed by atoms with van der Waals surface area (Å²) in [5.74, 6) is -4.22. The van der Waals surface area contributed by atoms with Crippen molar-refractivity contribution in [2.75, 3.05) is 39.6 Å². The van der Waals surface area contributed by atoms with Crippen LogP contribution in [0.3, 0.4) is 0 Å². The van der Waals surface area contributed by atoms with Crippen LogP contribution >= 0.6 is 0 Å². The van der Waals surface area contributed by atoms with Gasteiger partial charge in [0.05, 0.1) is 63.9 Å². The van der Waals surface area contributed by atoms with Gasteiger partial charge in [0.2, 0.25) is 17.7 Å². The van der Waals surface area contributed by atoms with E-state index in [-0.39, 0.29) is 41.9 Å². The summed E-state index contributed by atoms with van der Waals surface area (Å²) in [6.45, 7) is 2.24. The smallest absolute Gasteiger partial charge is 0.394 e. The fourth-order valence-corrected chi connectivity index (χ4v) is 14.4. The number of carbonyl (C=O) groups is 3. The normalized spacial score (nSPS) is 34.7. The molecule has 5 fully saturated rings. The molecule has 0 aromatic heterocycles. The Balaban J connectivity index is 0.0000238. The molecule has 5 saturated heterocycles. The first kappa shape index (κ1) is 96.5. The standard InChI is InChI=1S/C73H133N3O29.Na/c1-6-8-10-12-14-16-18-20-21-23-25-27-29-31-33-35-53(87)76-45(46(84)34-32-30-28-26-24-22-19-17-15-13-11-9-7-2)42-96-70-62(94)60(92)64(51(40-80)99-70)101-72-63(95)68(105-73(5)36-47(85)54(74-43(3)82)67(104-73)56(88)48(86)37-77)65(52(41-81)100-72)102-69-55(75-44(4)83)66(58(90)50(39-79)97-69)103-71-61(93)59(91)57(89)49(38-78)98-71;/h32,34,45-52,54-72,77-81,84-86,88-95H,6-31,33,35-42H2,1-5H3,(H,74,82)(H,75,83)(H,76,87);/q;+1/b34-32+;/t45-,46+,47?,48+,49?,50?,51?,52?,54+,55?,56?,57-,58-,59-,60+,61?,62?,63?,64+,65-,66+,67?,68+,69-,70+,71-,72-,73+;/m0./s1. The zero-order valence-corrected chi connectivity index (χ0v) is 65.5. The summed E-state index contributed by atoms with van der Waals surface area (Å²) >= 11 is 0. The first-order valence-corrected chi connectivity index (χ1v) is 38.9. The van der Waals surface area contributed by atoms with Crippen LogP contribution in [0.5, 0.6) is 0 Å². The van der Waals surface area contributed by atoms with Crippen molar-refractivity contribution >= 4 is 17.7 Å². The van der Waals surface area contributed by atoms with Crippen molar-refractivity contribution < 1.29 is 173 Å². The van der Waals surface area contributed by atoms with Crippen LogP contribution in [0, 0.1) is 0 Å². The Morgan fingerprint density at radius 2 is 0.925 bits per heavy atom. The zero-order valence-electron chi connectivity index (χ0n) is 63.5. The maximum atomic E-state index is 13.6. The Bertz CT molecular complexity index is 2400. The van der Waals surface area contributed by atoms with Crippen molar-refractivity contribution in [3.63, 3.8) is 0 Å². The zero-order chi connectivity index (χ0) is 77.2. The Morgan fingerprint density at radius 1 is 0.491 bits per heavy atom. The second-order valence-electron chi connectivity index (χ2n) is 29.4. The van der Waals surface area contributed by atoms with Gasteiger partial charge >= 0.3 is 29.6 Å². The molecule has 11 unspecified atom stereocenters. The summed E-state index contributed by atoms with van der Waals surface area (Å²) < 4.78 is 61.3. The van der Waals surface area contributed by atoms with E-state index in [1.54, 1.807) is 6.08 Å². The van der Waals surface area contributed by atoms with Crippen LogP contribution in [0.1, 0.15) is 221 Å². The summed E-state index contributed by atoms with van der Waals surface area (Å²) in [6, 6.07) is -4.37. The van der Waals surface area contributed by atoms with Gasteiger partial charge in [-0.3, -0.25) is 14.4 Å². The molecule has 5 aliphatic heterocycles. The van der Waals surface area contributed by atoms with Gasteiger partial charge in [-0.05, 0) is 26.2 Å². The van der Waals surface area contributed by atoms with Gasteiger partial charge in [0.1, 0.15) is 116 Å². The second kappa shape index (κ2) is 51.8. The molecule has 106 heavy (non-hydrogen) atoms. The number of ether oxygens (including phenoxy) is 10. The maximum Gasteiger partial charge on any atom is 1.00 e. The number of hydrogen-bond acceptors (Lipinski definition) is 29. The van der Waals surface area contributed by atoms with Gasteiger partial charge in [-0.1, -0.05) is 180 Å². The molecule has 28 atom stereocenters. The van der Waals surface area contributed by atoms with Crippen LogP contribution in [0.15, 0.2) is 12.2 Å². The molecule has 0 spiro atoms. The first-order chi connectivity index (χ1) is 50.3. The predicted octanol–water partition coefficient (Wildman–Crippen LogP) is -3.10. The topological polar surface area (TPSA) is 503 Å². The quantitative estimate of drug-likeness (QED) is 0.0163. The van der Waals surface area contributed by atoms with Crippen molar-refractivity contribution in [2.45, 2.75) is 392 Å². The van der Waals surface area contributed by atoms with Crippen molar-refractivity contribution in [3.05, 3.63) is 12.2 Å². The second-order valence-corrected chi connectivity index (χ2v) is 29.4. The molecule has 0 bridgehead atoms. The Labute approximate surface area is 647 Å². The van der Waals surface area contributed by atoms with Gasteiger partial charge in [0.15, 0.2) is 30.9 Å². The van der Waals surface area contributed by atoms with Gasteiger partial charge in [0, 0.05) is 26.7 Å². The number of hydrogen-bond donors (Lipinski definition) is 19. The summed E-state index contributed by atoms with van der Waals surface area (Å²) in [5.41, 5.74) is 0. The molecule has 0 radical (unpaired) electrons. The van der Waals surface area contributed by atoms with Gasteiger partial charge in [-0.2, -0.15) is 0 Å². The van der Waals surface area contributed by atoms with Crippen LogP contribution in [-0.4, -0.2) is 310 Å².